The number of methoxy groups -OCH3 is 1. The van der Waals surface area contributed by atoms with Crippen LogP contribution in [0.1, 0.15) is 34.1 Å². The van der Waals surface area contributed by atoms with E-state index < -0.39 is 6.10 Å². The van der Waals surface area contributed by atoms with E-state index in [2.05, 4.69) is 0 Å². The highest BCUT2D eigenvalue weighted by atomic mass is 16.7. The van der Waals surface area contributed by atoms with Crippen molar-refractivity contribution in [3.63, 3.8) is 0 Å². The lowest BCUT2D eigenvalue weighted by atomic mass is 9.96. The van der Waals surface area contributed by atoms with Gasteiger partial charge in [0.05, 0.1) is 18.8 Å². The summed E-state index contributed by atoms with van der Waals surface area (Å²) in [5, 5.41) is 10.0. The molecule has 0 radical (unpaired) electrons. The van der Waals surface area contributed by atoms with Crippen LogP contribution in [0.4, 0.5) is 0 Å². The molecule has 3 atom stereocenters. The molecule has 0 unspecified atom stereocenters. The highest BCUT2D eigenvalue weighted by Crippen LogP contribution is 2.16. The fraction of sp³-hybridized carbons (Fsp3) is 0.786. The van der Waals surface area contributed by atoms with Gasteiger partial charge >= 0.3 is 5.97 Å². The van der Waals surface area contributed by atoms with Gasteiger partial charge in [0.2, 0.25) is 0 Å². The van der Waals surface area contributed by atoms with Gasteiger partial charge in [-0.1, -0.05) is 13.0 Å². The van der Waals surface area contributed by atoms with E-state index in [-0.39, 0.29) is 24.8 Å². The standard InChI is InChI=1S/C14H26O5/c1-6-18-14(16)10(2)7-8-13(15)11(3)12(4)19-9-17-5/h7,11-13,15H,6,8-9H2,1-5H3/b10-7+/t11-,12+,13-/m0/s1. The van der Waals surface area contributed by atoms with Crippen molar-refractivity contribution in [1.29, 1.82) is 0 Å². The van der Waals surface area contributed by atoms with E-state index >= 15 is 0 Å². The molecule has 0 aromatic rings. The zero-order chi connectivity index (χ0) is 14.8. The summed E-state index contributed by atoms with van der Waals surface area (Å²) in [6.07, 6.45) is 1.40. The van der Waals surface area contributed by atoms with Gasteiger partial charge in [0.25, 0.3) is 0 Å². The molecule has 112 valence electrons. The Morgan fingerprint density at radius 1 is 1.37 bits per heavy atom. The summed E-state index contributed by atoms with van der Waals surface area (Å²) < 4.78 is 15.1. The Balaban J connectivity index is 4.24. The number of carbonyl (C=O) groups is 1. The highest BCUT2D eigenvalue weighted by Gasteiger charge is 2.21. The van der Waals surface area contributed by atoms with Crippen LogP contribution in [-0.4, -0.2) is 43.8 Å². The molecule has 0 aliphatic carbocycles. The third-order valence-electron chi connectivity index (χ3n) is 3.06. The largest absolute Gasteiger partial charge is 0.463 e. The van der Waals surface area contributed by atoms with E-state index in [9.17, 15) is 9.90 Å². The maximum Gasteiger partial charge on any atom is 0.333 e. The van der Waals surface area contributed by atoms with Crippen LogP contribution in [0.5, 0.6) is 0 Å². The smallest absolute Gasteiger partial charge is 0.333 e. The SMILES string of the molecule is CCOC(=O)/C(C)=C/C[C@H](O)[C@@H](C)[C@@H](C)OCOC. The summed E-state index contributed by atoms with van der Waals surface area (Å²) in [7, 11) is 1.55. The molecule has 0 aliphatic heterocycles. The van der Waals surface area contributed by atoms with E-state index in [1.165, 1.54) is 0 Å². The molecule has 0 heterocycles. The van der Waals surface area contributed by atoms with Crippen molar-refractivity contribution in [3.8, 4) is 0 Å². The molecule has 0 amide bonds. The van der Waals surface area contributed by atoms with Gasteiger partial charge in [0.1, 0.15) is 6.79 Å². The van der Waals surface area contributed by atoms with Gasteiger partial charge in [-0.15, -0.1) is 0 Å². The first-order valence-electron chi connectivity index (χ1n) is 6.56. The third kappa shape index (κ3) is 7.30. The van der Waals surface area contributed by atoms with E-state index in [0.717, 1.165) is 0 Å². The molecular weight excluding hydrogens is 248 g/mol. The van der Waals surface area contributed by atoms with Crippen molar-refractivity contribution in [2.24, 2.45) is 5.92 Å². The zero-order valence-electron chi connectivity index (χ0n) is 12.5. The van der Waals surface area contributed by atoms with E-state index in [0.29, 0.717) is 18.6 Å². The maximum absolute atomic E-state index is 11.4. The van der Waals surface area contributed by atoms with E-state index in [4.69, 9.17) is 14.2 Å². The van der Waals surface area contributed by atoms with E-state index in [1.807, 2.05) is 13.8 Å². The fourth-order valence-electron chi connectivity index (χ4n) is 1.48. The van der Waals surface area contributed by atoms with Crippen molar-refractivity contribution in [1.82, 2.24) is 0 Å². The normalized spacial score (nSPS) is 16.8. The average molecular weight is 274 g/mol. The molecule has 0 aromatic carbocycles. The fourth-order valence-corrected chi connectivity index (χ4v) is 1.48. The number of aliphatic hydroxyl groups excluding tert-OH is 1. The minimum absolute atomic E-state index is 0.0543. The number of carbonyl (C=O) groups excluding carboxylic acids is 1. The molecule has 0 bridgehead atoms. The summed E-state index contributed by atoms with van der Waals surface area (Å²) in [6.45, 7) is 7.78. The van der Waals surface area contributed by atoms with Crippen LogP contribution in [0.25, 0.3) is 0 Å². The van der Waals surface area contributed by atoms with Gasteiger partial charge in [-0.3, -0.25) is 0 Å². The Bertz CT molecular complexity index is 288. The first-order valence-corrected chi connectivity index (χ1v) is 6.56. The Labute approximate surface area is 115 Å². The van der Waals surface area contributed by atoms with Crippen LogP contribution < -0.4 is 0 Å². The summed E-state index contributed by atoms with van der Waals surface area (Å²) in [5.74, 6) is -0.396. The molecule has 5 nitrogen and oxygen atoms in total. The number of hydrogen-bond donors (Lipinski definition) is 1. The molecule has 0 aliphatic rings. The Morgan fingerprint density at radius 2 is 2.00 bits per heavy atom. The molecule has 5 heteroatoms. The van der Waals surface area contributed by atoms with Gasteiger partial charge < -0.3 is 19.3 Å². The van der Waals surface area contributed by atoms with Gasteiger partial charge in [0, 0.05) is 18.6 Å². The number of ether oxygens (including phenoxy) is 3. The highest BCUT2D eigenvalue weighted by molar-refractivity contribution is 5.87. The molecule has 19 heavy (non-hydrogen) atoms. The summed E-state index contributed by atoms with van der Waals surface area (Å²) in [4.78, 5) is 11.4. The van der Waals surface area contributed by atoms with Crippen LogP contribution in [0.15, 0.2) is 11.6 Å². The van der Waals surface area contributed by atoms with Crippen LogP contribution >= 0.6 is 0 Å². The van der Waals surface area contributed by atoms with Crippen LogP contribution in [-0.2, 0) is 19.0 Å². The van der Waals surface area contributed by atoms with Crippen LogP contribution in [0.2, 0.25) is 0 Å². The second-order valence-electron chi connectivity index (χ2n) is 4.55. The van der Waals surface area contributed by atoms with Gasteiger partial charge in [-0.05, 0) is 27.2 Å². The predicted octanol–water partition coefficient (Wildman–Crippen LogP) is 1.89. The first-order chi connectivity index (χ1) is 8.93. The molecular formula is C14H26O5. The van der Waals surface area contributed by atoms with Crippen LogP contribution in [0.3, 0.4) is 0 Å². The van der Waals surface area contributed by atoms with Crippen molar-refractivity contribution < 1.29 is 24.1 Å². The van der Waals surface area contributed by atoms with Crippen molar-refractivity contribution >= 4 is 5.97 Å². The second-order valence-corrected chi connectivity index (χ2v) is 4.55. The molecule has 1 N–H and O–H groups in total. The predicted molar refractivity (Wildman–Crippen MR) is 72.6 cm³/mol. The topological polar surface area (TPSA) is 65.0 Å². The minimum Gasteiger partial charge on any atom is -0.463 e. The molecule has 0 saturated carbocycles. The Hall–Kier alpha value is -0.910. The minimum atomic E-state index is -0.573. The summed E-state index contributed by atoms with van der Waals surface area (Å²) in [6, 6.07) is 0. The number of aliphatic hydroxyl groups is 1. The molecule has 0 spiro atoms. The molecule has 0 rings (SSSR count). The number of esters is 1. The number of hydrogen-bond acceptors (Lipinski definition) is 5. The summed E-state index contributed by atoms with van der Waals surface area (Å²) in [5.41, 5.74) is 0.513. The lowest BCUT2D eigenvalue weighted by molar-refractivity contribution is -0.138. The summed E-state index contributed by atoms with van der Waals surface area (Å²) >= 11 is 0. The molecule has 0 saturated heterocycles. The lowest BCUT2D eigenvalue weighted by Crippen LogP contribution is -2.29. The Morgan fingerprint density at radius 3 is 2.53 bits per heavy atom. The van der Waals surface area contributed by atoms with Crippen molar-refractivity contribution in [2.45, 2.75) is 46.3 Å². The Kier molecular flexibility index (Phi) is 9.47. The van der Waals surface area contributed by atoms with Crippen molar-refractivity contribution in [2.75, 3.05) is 20.5 Å². The van der Waals surface area contributed by atoms with E-state index in [1.54, 1.807) is 27.0 Å². The lowest BCUT2D eigenvalue weighted by Gasteiger charge is -2.24. The monoisotopic (exact) mass is 274 g/mol. The quantitative estimate of drug-likeness (QED) is 0.395. The van der Waals surface area contributed by atoms with Gasteiger partial charge in [0.15, 0.2) is 0 Å². The average Bonchev–Trinajstić information content (AvgIpc) is 2.40. The van der Waals surface area contributed by atoms with Gasteiger partial charge in [-0.2, -0.15) is 0 Å². The third-order valence-corrected chi connectivity index (χ3v) is 3.06. The molecule has 0 fully saturated rings. The van der Waals surface area contributed by atoms with Gasteiger partial charge in [-0.25, -0.2) is 4.79 Å². The van der Waals surface area contributed by atoms with Crippen LogP contribution in [0, 0.1) is 5.92 Å². The molecule has 0 aromatic heterocycles. The van der Waals surface area contributed by atoms with Crippen molar-refractivity contribution in [3.05, 3.63) is 11.6 Å². The maximum atomic E-state index is 11.4. The first kappa shape index (κ1) is 18.1. The number of rotatable bonds is 9. The zero-order valence-corrected chi connectivity index (χ0v) is 12.5. The second kappa shape index (κ2) is 9.95.